The second-order valence-corrected chi connectivity index (χ2v) is 3.33. The van der Waals surface area contributed by atoms with E-state index in [2.05, 4.69) is 10.1 Å². The largest absolute Gasteiger partial charge is 0.504 e. The van der Waals surface area contributed by atoms with Crippen LogP contribution >= 0.6 is 0 Å². The molecule has 0 atom stereocenters. The van der Waals surface area contributed by atoms with Gasteiger partial charge in [0.25, 0.3) is 0 Å². The third kappa shape index (κ3) is 1.72. The summed E-state index contributed by atoms with van der Waals surface area (Å²) < 4.78 is 1.28. The summed E-state index contributed by atoms with van der Waals surface area (Å²) in [5.74, 6) is -1.63. The second kappa shape index (κ2) is 3.65. The molecule has 0 unspecified atom stereocenters. The van der Waals surface area contributed by atoms with Gasteiger partial charge in [-0.2, -0.15) is 5.10 Å². The van der Waals surface area contributed by atoms with Crippen LogP contribution in [0, 0.1) is 6.92 Å². The zero-order valence-corrected chi connectivity index (χ0v) is 8.45. The molecule has 82 valence electrons. The highest BCUT2D eigenvalue weighted by molar-refractivity contribution is 5.88. The maximum absolute atomic E-state index is 10.7. The molecule has 2 heterocycles. The molecule has 0 aliphatic rings. The number of nitrogens with zero attached hydrogens (tertiary/aromatic N) is 3. The molecule has 0 fully saturated rings. The van der Waals surface area contributed by atoms with Crippen LogP contribution in [0.15, 0.2) is 24.7 Å². The van der Waals surface area contributed by atoms with E-state index in [9.17, 15) is 9.90 Å². The van der Waals surface area contributed by atoms with Gasteiger partial charge in [-0.05, 0) is 18.6 Å². The Kier molecular flexibility index (Phi) is 2.32. The summed E-state index contributed by atoms with van der Waals surface area (Å²) in [5.41, 5.74) is 1.15. The number of aromatic carboxylic acids is 1. The molecule has 2 aromatic rings. The van der Waals surface area contributed by atoms with E-state index < -0.39 is 5.97 Å². The summed E-state index contributed by atoms with van der Waals surface area (Å²) in [4.78, 5) is 14.6. The third-order valence-electron chi connectivity index (χ3n) is 2.02. The summed E-state index contributed by atoms with van der Waals surface area (Å²) in [6.45, 7) is 1.86. The molecule has 6 heteroatoms. The quantitative estimate of drug-likeness (QED) is 0.785. The molecule has 2 aromatic heterocycles. The number of carbonyl (C=O) groups is 1. The van der Waals surface area contributed by atoms with Gasteiger partial charge >= 0.3 is 5.97 Å². The van der Waals surface area contributed by atoms with Crippen LogP contribution in [-0.2, 0) is 0 Å². The van der Waals surface area contributed by atoms with E-state index in [1.54, 1.807) is 12.3 Å². The van der Waals surface area contributed by atoms with Crippen molar-refractivity contribution in [1.82, 2.24) is 14.8 Å². The number of aromatic hydroxyl groups is 1. The molecule has 0 aliphatic carbocycles. The van der Waals surface area contributed by atoms with Gasteiger partial charge in [0.1, 0.15) is 0 Å². The van der Waals surface area contributed by atoms with Crippen molar-refractivity contribution in [2.75, 3.05) is 0 Å². The third-order valence-corrected chi connectivity index (χ3v) is 2.02. The van der Waals surface area contributed by atoms with Gasteiger partial charge in [-0.25, -0.2) is 9.48 Å². The number of carboxylic acid groups (broad SMARTS) is 1. The highest BCUT2D eigenvalue weighted by Gasteiger charge is 2.15. The van der Waals surface area contributed by atoms with Gasteiger partial charge in [-0.3, -0.25) is 4.98 Å². The molecule has 2 rings (SSSR count). The van der Waals surface area contributed by atoms with Crippen molar-refractivity contribution in [3.63, 3.8) is 0 Å². The Bertz CT molecular complexity index is 548. The number of carboxylic acids is 1. The Hall–Kier alpha value is -2.37. The molecule has 0 aromatic carbocycles. The maximum atomic E-state index is 10.7. The molecule has 0 radical (unpaired) electrons. The van der Waals surface area contributed by atoms with Gasteiger partial charge < -0.3 is 10.2 Å². The van der Waals surface area contributed by atoms with Crippen molar-refractivity contribution in [1.29, 1.82) is 0 Å². The van der Waals surface area contributed by atoms with Crippen LogP contribution in [0.5, 0.6) is 5.75 Å². The molecular weight excluding hydrogens is 210 g/mol. The van der Waals surface area contributed by atoms with E-state index in [-0.39, 0.29) is 11.4 Å². The van der Waals surface area contributed by atoms with Crippen molar-refractivity contribution in [3.05, 3.63) is 35.9 Å². The topological polar surface area (TPSA) is 88.2 Å². The van der Waals surface area contributed by atoms with Gasteiger partial charge in [0.15, 0.2) is 5.75 Å². The Balaban J connectivity index is 2.49. The predicted molar refractivity (Wildman–Crippen MR) is 54.7 cm³/mol. The van der Waals surface area contributed by atoms with Crippen LogP contribution in [0.3, 0.4) is 0 Å². The number of hydrogen-bond donors (Lipinski definition) is 2. The lowest BCUT2D eigenvalue weighted by atomic mass is 10.3. The van der Waals surface area contributed by atoms with Crippen molar-refractivity contribution in [3.8, 4) is 11.4 Å². The molecule has 0 amide bonds. The lowest BCUT2D eigenvalue weighted by Gasteiger charge is -2.00. The molecule has 6 nitrogen and oxygen atoms in total. The fourth-order valence-electron chi connectivity index (χ4n) is 1.31. The Morgan fingerprint density at radius 3 is 2.75 bits per heavy atom. The first-order valence-corrected chi connectivity index (χ1v) is 4.52. The molecule has 0 saturated heterocycles. The van der Waals surface area contributed by atoms with Gasteiger partial charge in [0, 0.05) is 6.20 Å². The summed E-state index contributed by atoms with van der Waals surface area (Å²) in [6.07, 6.45) is 4.44. The second-order valence-electron chi connectivity index (χ2n) is 3.33. The molecule has 16 heavy (non-hydrogen) atoms. The molecular formula is C10H9N3O3. The molecule has 2 N–H and O–H groups in total. The Labute approximate surface area is 90.8 Å². The Morgan fingerprint density at radius 1 is 1.44 bits per heavy atom. The summed E-state index contributed by atoms with van der Waals surface area (Å²) in [5, 5.41) is 21.8. The average molecular weight is 219 g/mol. The fraction of sp³-hybridized carbons (Fsp3) is 0.100. The highest BCUT2D eigenvalue weighted by atomic mass is 16.4. The molecule has 0 aliphatic heterocycles. The maximum Gasteiger partial charge on any atom is 0.360 e. The van der Waals surface area contributed by atoms with Gasteiger partial charge in [0.05, 0.1) is 18.1 Å². The summed E-state index contributed by atoms with van der Waals surface area (Å²) in [7, 11) is 0. The normalized spacial score (nSPS) is 10.3. The van der Waals surface area contributed by atoms with Crippen LogP contribution in [0.2, 0.25) is 0 Å². The smallest absolute Gasteiger partial charge is 0.360 e. The van der Waals surface area contributed by atoms with Crippen LogP contribution in [0.25, 0.3) is 5.69 Å². The van der Waals surface area contributed by atoms with E-state index in [4.69, 9.17) is 5.11 Å². The van der Waals surface area contributed by atoms with E-state index in [0.29, 0.717) is 5.69 Å². The van der Waals surface area contributed by atoms with Crippen molar-refractivity contribution < 1.29 is 15.0 Å². The minimum absolute atomic E-state index is 0.367. The Morgan fingerprint density at radius 2 is 2.19 bits per heavy atom. The number of rotatable bonds is 2. The van der Waals surface area contributed by atoms with Gasteiger partial charge in [-0.1, -0.05) is 0 Å². The zero-order valence-electron chi connectivity index (χ0n) is 8.45. The van der Waals surface area contributed by atoms with Crippen molar-refractivity contribution >= 4 is 5.97 Å². The summed E-state index contributed by atoms with van der Waals surface area (Å²) in [6, 6.07) is 1.78. The predicted octanol–water partition coefficient (Wildman–Crippen LogP) is 0.980. The van der Waals surface area contributed by atoms with Crippen LogP contribution < -0.4 is 0 Å². The highest BCUT2D eigenvalue weighted by Crippen LogP contribution is 2.17. The van der Waals surface area contributed by atoms with Crippen LogP contribution in [0.4, 0.5) is 0 Å². The average Bonchev–Trinajstić information content (AvgIpc) is 2.60. The van der Waals surface area contributed by atoms with Gasteiger partial charge in [0.2, 0.25) is 5.69 Å². The fourth-order valence-corrected chi connectivity index (χ4v) is 1.31. The van der Waals surface area contributed by atoms with E-state index in [1.807, 2.05) is 6.92 Å². The number of hydrogen-bond acceptors (Lipinski definition) is 4. The zero-order chi connectivity index (χ0) is 11.7. The summed E-state index contributed by atoms with van der Waals surface area (Å²) >= 11 is 0. The van der Waals surface area contributed by atoms with Crippen molar-refractivity contribution in [2.45, 2.75) is 6.92 Å². The van der Waals surface area contributed by atoms with E-state index in [1.165, 1.54) is 17.1 Å². The SMILES string of the molecule is Cc1cncc(-n2cc(O)c(C(=O)O)n2)c1. The van der Waals surface area contributed by atoms with Gasteiger partial charge in [-0.15, -0.1) is 0 Å². The monoisotopic (exact) mass is 219 g/mol. The molecule has 0 bridgehead atoms. The van der Waals surface area contributed by atoms with Crippen LogP contribution in [0.1, 0.15) is 16.1 Å². The minimum atomic E-state index is -1.27. The number of aryl methyl sites for hydroxylation is 1. The van der Waals surface area contributed by atoms with Crippen LogP contribution in [-0.4, -0.2) is 30.9 Å². The number of pyridine rings is 1. The van der Waals surface area contributed by atoms with E-state index >= 15 is 0 Å². The standard InChI is InChI=1S/C10H9N3O3/c1-6-2-7(4-11-3-6)13-5-8(14)9(12-13)10(15)16/h2-5,14H,1H3,(H,15,16). The number of aromatic nitrogens is 3. The first kappa shape index (κ1) is 10.2. The first-order chi connectivity index (χ1) is 7.58. The first-order valence-electron chi connectivity index (χ1n) is 4.52. The lowest BCUT2D eigenvalue weighted by molar-refractivity contribution is 0.0687. The molecule has 0 spiro atoms. The molecule has 0 saturated carbocycles. The van der Waals surface area contributed by atoms with E-state index in [0.717, 1.165) is 5.56 Å². The van der Waals surface area contributed by atoms with Crippen molar-refractivity contribution in [2.24, 2.45) is 0 Å². The minimum Gasteiger partial charge on any atom is -0.504 e. The lowest BCUT2D eigenvalue weighted by Crippen LogP contribution is -2.01.